The van der Waals surface area contributed by atoms with Gasteiger partial charge >= 0.3 is 5.97 Å². The average molecular weight is 617 g/mol. The molecule has 0 bridgehead atoms. The van der Waals surface area contributed by atoms with E-state index >= 15 is 0 Å². The van der Waals surface area contributed by atoms with Gasteiger partial charge in [-0.05, 0) is 68.7 Å². The number of aryl methyl sites for hydroxylation is 1. The van der Waals surface area contributed by atoms with Gasteiger partial charge in [-0.15, -0.1) is 0 Å². The molecule has 9 heteroatoms. The van der Waals surface area contributed by atoms with Crippen LogP contribution in [0.5, 0.6) is 10.9 Å². The van der Waals surface area contributed by atoms with E-state index in [1.807, 2.05) is 43.3 Å². The van der Waals surface area contributed by atoms with Crippen molar-refractivity contribution < 1.29 is 29.0 Å². The maximum atomic E-state index is 14.4. The maximum Gasteiger partial charge on any atom is 0.310 e. The molecule has 3 aliphatic rings. The highest BCUT2D eigenvalue weighted by molar-refractivity contribution is 7.20. The molecule has 232 valence electrons. The van der Waals surface area contributed by atoms with Crippen LogP contribution in [-0.2, 0) is 20.8 Å². The molecule has 1 amide bonds. The van der Waals surface area contributed by atoms with Gasteiger partial charge in [0.1, 0.15) is 11.9 Å². The highest BCUT2D eigenvalue weighted by Gasteiger charge is 2.61. The number of allylic oxidation sites excluding steroid dienone is 2. The van der Waals surface area contributed by atoms with Gasteiger partial charge in [0.15, 0.2) is 5.78 Å². The fourth-order valence-electron chi connectivity index (χ4n) is 6.94. The summed E-state index contributed by atoms with van der Waals surface area (Å²) in [7, 11) is 1.62. The van der Waals surface area contributed by atoms with Crippen molar-refractivity contribution in [1.82, 2.24) is 9.88 Å². The number of methoxy groups -OCH3 is 1. The van der Waals surface area contributed by atoms with Crippen molar-refractivity contribution in [3.05, 3.63) is 65.7 Å². The summed E-state index contributed by atoms with van der Waals surface area (Å²) >= 11 is 1.40. The molecule has 1 N–H and O–H groups in total. The van der Waals surface area contributed by atoms with E-state index in [0.717, 1.165) is 59.2 Å². The Balaban J connectivity index is 1.29. The lowest BCUT2D eigenvalue weighted by molar-refractivity contribution is -0.147. The summed E-state index contributed by atoms with van der Waals surface area (Å²) < 4.78 is 12.6. The first-order chi connectivity index (χ1) is 21.3. The third kappa shape index (κ3) is 6.39. The highest BCUT2D eigenvalue weighted by Crippen LogP contribution is 2.57. The Kier molecular flexibility index (Phi) is 8.76. The minimum Gasteiger partial charge on any atom is -0.497 e. The number of carbonyl (C=O) groups excluding carboxylic acids is 2. The summed E-state index contributed by atoms with van der Waals surface area (Å²) in [4.78, 5) is 47.1. The average Bonchev–Trinajstić information content (AvgIpc) is 3.31. The van der Waals surface area contributed by atoms with Crippen LogP contribution in [0.15, 0.2) is 54.6 Å². The van der Waals surface area contributed by atoms with Gasteiger partial charge in [-0.3, -0.25) is 14.4 Å². The van der Waals surface area contributed by atoms with Gasteiger partial charge in [0.2, 0.25) is 5.91 Å². The van der Waals surface area contributed by atoms with E-state index in [-0.39, 0.29) is 36.5 Å². The zero-order valence-corrected chi connectivity index (χ0v) is 26.2. The predicted octanol–water partition coefficient (Wildman–Crippen LogP) is 6.39. The first-order valence-electron chi connectivity index (χ1n) is 15.7. The SMILES string of the molecule is COc1ccc2nc(O[C@@H]3C[C@H]4C(=O)C[C@]5(C(=O)O)C[C@@H]5/C=C\CCCCC[C@H](Cc5cccc(C)c5)C(=O)N4C3)sc2c1. The lowest BCUT2D eigenvalue weighted by Gasteiger charge is -2.29. The lowest BCUT2D eigenvalue weighted by Crippen LogP contribution is -2.45. The molecular formula is C35H40N2O6S. The Morgan fingerprint density at radius 3 is 2.82 bits per heavy atom. The van der Waals surface area contributed by atoms with Crippen molar-refractivity contribution in [3.63, 3.8) is 0 Å². The fraction of sp³-hybridized carbons (Fsp3) is 0.486. The molecule has 3 heterocycles. The number of carbonyl (C=O) groups is 3. The van der Waals surface area contributed by atoms with Crippen LogP contribution in [-0.4, -0.2) is 58.5 Å². The molecule has 1 aliphatic carbocycles. The monoisotopic (exact) mass is 616 g/mol. The third-order valence-corrected chi connectivity index (χ3v) is 10.4. The summed E-state index contributed by atoms with van der Waals surface area (Å²) in [6, 6.07) is 13.2. The van der Waals surface area contributed by atoms with Crippen LogP contribution in [0.4, 0.5) is 0 Å². The number of aromatic nitrogens is 1. The lowest BCUT2D eigenvalue weighted by atomic mass is 9.90. The number of fused-ring (bicyclic) bond motifs is 3. The number of nitrogens with zero attached hydrogens (tertiary/aromatic N) is 2. The second kappa shape index (κ2) is 12.7. The molecule has 0 radical (unpaired) electrons. The van der Waals surface area contributed by atoms with Crippen LogP contribution in [0, 0.1) is 24.2 Å². The molecule has 44 heavy (non-hydrogen) atoms. The number of amides is 1. The largest absolute Gasteiger partial charge is 0.497 e. The second-order valence-electron chi connectivity index (χ2n) is 12.7. The van der Waals surface area contributed by atoms with Crippen LogP contribution in [0.3, 0.4) is 0 Å². The topological polar surface area (TPSA) is 106 Å². The van der Waals surface area contributed by atoms with Crippen LogP contribution >= 0.6 is 11.3 Å². The molecule has 1 saturated heterocycles. The molecular weight excluding hydrogens is 576 g/mol. The Labute approximate surface area is 262 Å². The number of benzene rings is 2. The molecule has 2 aliphatic heterocycles. The standard InChI is InChI=1S/C35H40N2O6S/c1-22-9-8-10-23(15-22)16-24-11-6-4-3-5-7-12-25-19-35(25,33(40)41)20-30(38)29-17-27(21-37(29)32(24)39)43-34-36-28-14-13-26(42-2)18-31(28)44-34/h7-10,12-15,18,24-25,27,29H,3-6,11,16-17,19-21H2,1-2H3,(H,40,41)/b12-7-/t24-,25+,27-,29+,35-/m1/s1. The molecule has 6 rings (SSSR count). The summed E-state index contributed by atoms with van der Waals surface area (Å²) in [6.45, 7) is 2.32. The van der Waals surface area contributed by atoms with E-state index in [4.69, 9.17) is 9.47 Å². The van der Waals surface area contributed by atoms with Crippen molar-refractivity contribution in [2.45, 2.75) is 76.9 Å². The number of Topliss-reactive ketones (excluding diaryl/α,β-unsaturated/α-hetero) is 1. The number of carboxylic acid groups (broad SMARTS) is 1. The number of ether oxygens (including phenoxy) is 2. The van der Waals surface area contributed by atoms with Crippen LogP contribution in [0.2, 0.25) is 0 Å². The van der Waals surface area contributed by atoms with Gasteiger partial charge in [0.25, 0.3) is 5.19 Å². The van der Waals surface area contributed by atoms with E-state index in [1.165, 1.54) is 11.3 Å². The number of hydrogen-bond acceptors (Lipinski definition) is 7. The van der Waals surface area contributed by atoms with Gasteiger partial charge in [0.05, 0.1) is 35.3 Å². The van der Waals surface area contributed by atoms with E-state index in [0.29, 0.717) is 24.5 Å². The zero-order chi connectivity index (χ0) is 30.8. The van der Waals surface area contributed by atoms with Gasteiger partial charge in [-0.1, -0.05) is 66.2 Å². The van der Waals surface area contributed by atoms with Gasteiger partial charge in [-0.25, -0.2) is 4.98 Å². The third-order valence-electron chi connectivity index (χ3n) is 9.52. The number of ketones is 1. The second-order valence-corrected chi connectivity index (χ2v) is 13.7. The van der Waals surface area contributed by atoms with Crippen LogP contribution < -0.4 is 9.47 Å². The zero-order valence-electron chi connectivity index (χ0n) is 25.4. The molecule has 2 fully saturated rings. The van der Waals surface area contributed by atoms with Crippen molar-refractivity contribution in [1.29, 1.82) is 0 Å². The minimum absolute atomic E-state index is 0.0466. The molecule has 2 aromatic carbocycles. The summed E-state index contributed by atoms with van der Waals surface area (Å²) in [5, 5.41) is 10.7. The smallest absolute Gasteiger partial charge is 0.310 e. The van der Waals surface area contributed by atoms with E-state index in [1.54, 1.807) is 12.0 Å². The molecule has 1 saturated carbocycles. The maximum absolute atomic E-state index is 14.4. The van der Waals surface area contributed by atoms with E-state index in [2.05, 4.69) is 23.2 Å². The van der Waals surface area contributed by atoms with Crippen molar-refractivity contribution >= 4 is 39.2 Å². The van der Waals surface area contributed by atoms with Crippen LogP contribution in [0.1, 0.15) is 62.5 Å². The number of aliphatic carboxylic acids is 1. The number of hydrogen-bond donors (Lipinski definition) is 1. The Morgan fingerprint density at radius 2 is 2.02 bits per heavy atom. The first kappa shape index (κ1) is 30.3. The first-order valence-corrected chi connectivity index (χ1v) is 16.5. The number of rotatable bonds is 6. The van der Waals surface area contributed by atoms with Crippen molar-refractivity contribution in [3.8, 4) is 10.9 Å². The predicted molar refractivity (Wildman–Crippen MR) is 169 cm³/mol. The molecule has 8 nitrogen and oxygen atoms in total. The Bertz CT molecular complexity index is 1580. The van der Waals surface area contributed by atoms with Gasteiger partial charge in [0, 0.05) is 18.8 Å². The van der Waals surface area contributed by atoms with Crippen LogP contribution in [0.25, 0.3) is 10.2 Å². The Hall–Kier alpha value is -3.72. The van der Waals surface area contributed by atoms with E-state index in [9.17, 15) is 19.5 Å². The molecule has 5 atom stereocenters. The molecule has 1 aromatic heterocycles. The van der Waals surface area contributed by atoms with Gasteiger partial charge < -0.3 is 19.5 Å². The van der Waals surface area contributed by atoms with Crippen molar-refractivity contribution in [2.75, 3.05) is 13.7 Å². The molecule has 3 aromatic rings. The fourth-order valence-corrected chi connectivity index (χ4v) is 7.85. The minimum atomic E-state index is -1.09. The highest BCUT2D eigenvalue weighted by atomic mass is 32.1. The molecule has 0 spiro atoms. The number of carboxylic acids is 1. The van der Waals surface area contributed by atoms with Crippen molar-refractivity contribution in [2.24, 2.45) is 17.3 Å². The van der Waals surface area contributed by atoms with Gasteiger partial charge in [-0.2, -0.15) is 0 Å². The normalized spacial score (nSPS) is 28.5. The van der Waals surface area contributed by atoms with E-state index < -0.39 is 23.5 Å². The summed E-state index contributed by atoms with van der Waals surface area (Å²) in [6.07, 6.45) is 9.45. The molecule has 0 unspecified atom stereocenters. The number of thiazole rings is 1. The summed E-state index contributed by atoms with van der Waals surface area (Å²) in [5.41, 5.74) is 1.96. The quantitative estimate of drug-likeness (QED) is 0.320. The Morgan fingerprint density at radius 1 is 1.16 bits per heavy atom. The summed E-state index contributed by atoms with van der Waals surface area (Å²) in [5.74, 6) is -0.869.